The third kappa shape index (κ3) is 4.56. The molecule has 0 unspecified atom stereocenters. The molecule has 1 aliphatic rings. The van der Waals surface area contributed by atoms with Gasteiger partial charge in [0.25, 0.3) is 5.91 Å². The monoisotopic (exact) mass is 452 g/mol. The highest BCUT2D eigenvalue weighted by atomic mass is 35.5. The third-order valence-electron chi connectivity index (χ3n) is 4.54. The van der Waals surface area contributed by atoms with E-state index in [0.717, 1.165) is 24.2 Å². The van der Waals surface area contributed by atoms with Crippen LogP contribution in [-0.4, -0.2) is 36.3 Å². The highest BCUT2D eigenvalue weighted by Crippen LogP contribution is 2.30. The van der Waals surface area contributed by atoms with Crippen LogP contribution in [0.3, 0.4) is 0 Å². The van der Waals surface area contributed by atoms with Gasteiger partial charge in [0.15, 0.2) is 0 Å². The Labute approximate surface area is 178 Å². The Morgan fingerprint density at radius 1 is 1.21 bits per heavy atom. The first-order valence-corrected chi connectivity index (χ1v) is 11.3. The lowest BCUT2D eigenvalue weighted by molar-refractivity contribution is 0.0954. The Bertz CT molecular complexity index is 1160. The van der Waals surface area contributed by atoms with Crippen molar-refractivity contribution in [2.24, 2.45) is 0 Å². The van der Waals surface area contributed by atoms with Gasteiger partial charge in [-0.25, -0.2) is 18.1 Å². The number of pyridine rings is 1. The number of nitrogens with zero attached hydrogens (tertiary/aromatic N) is 2. The minimum atomic E-state index is -3.81. The number of fused-ring (bicyclic) bond motifs is 1. The molecule has 2 heterocycles. The molecule has 29 heavy (non-hydrogen) atoms. The van der Waals surface area contributed by atoms with Gasteiger partial charge in [-0.15, -0.1) is 0 Å². The summed E-state index contributed by atoms with van der Waals surface area (Å²) in [5, 5.41) is 2.82. The second kappa shape index (κ2) is 7.95. The number of carbonyl (C=O) groups is 1. The first-order chi connectivity index (χ1) is 13.8. The smallest absolute Gasteiger partial charge is 0.252 e. The van der Waals surface area contributed by atoms with E-state index in [-0.39, 0.29) is 26.5 Å². The molecule has 1 saturated carbocycles. The minimum Gasteiger partial charge on any atom is -0.352 e. The molecule has 2 N–H and O–H groups in total. The molecular formula is C19H18Cl2N4O3S. The number of nitrogens with one attached hydrogen (secondary N) is 2. The molecule has 1 amide bonds. The van der Waals surface area contributed by atoms with Crippen molar-refractivity contribution in [2.45, 2.75) is 30.2 Å². The fourth-order valence-corrected chi connectivity index (χ4v) is 5.06. The van der Waals surface area contributed by atoms with Gasteiger partial charge in [-0.3, -0.25) is 4.79 Å². The van der Waals surface area contributed by atoms with Crippen molar-refractivity contribution in [3.8, 4) is 0 Å². The molecule has 0 aliphatic heterocycles. The normalized spacial score (nSPS) is 14.3. The van der Waals surface area contributed by atoms with Crippen LogP contribution in [0.2, 0.25) is 10.0 Å². The van der Waals surface area contributed by atoms with Crippen LogP contribution < -0.4 is 10.0 Å². The fraction of sp³-hybridized carbons (Fsp3) is 0.263. The average Bonchev–Trinajstić information content (AvgIpc) is 3.36. The van der Waals surface area contributed by atoms with Crippen LogP contribution in [0.5, 0.6) is 0 Å². The summed E-state index contributed by atoms with van der Waals surface area (Å²) in [5.74, 6) is -0.474. The highest BCUT2D eigenvalue weighted by molar-refractivity contribution is 7.89. The van der Waals surface area contributed by atoms with Gasteiger partial charge in [0.2, 0.25) is 10.0 Å². The molecule has 1 aromatic carbocycles. The zero-order chi connectivity index (χ0) is 20.6. The van der Waals surface area contributed by atoms with E-state index in [1.54, 1.807) is 0 Å². The maximum absolute atomic E-state index is 12.6. The molecule has 7 nitrogen and oxygen atoms in total. The number of imidazole rings is 1. The Morgan fingerprint density at radius 2 is 2.00 bits per heavy atom. The third-order valence-corrected chi connectivity index (χ3v) is 6.83. The summed E-state index contributed by atoms with van der Waals surface area (Å²) in [7, 11) is -3.81. The van der Waals surface area contributed by atoms with Crippen molar-refractivity contribution < 1.29 is 13.2 Å². The highest BCUT2D eigenvalue weighted by Gasteiger charge is 2.30. The van der Waals surface area contributed by atoms with Crippen molar-refractivity contribution in [3.63, 3.8) is 0 Å². The van der Waals surface area contributed by atoms with Crippen LogP contribution in [0.4, 0.5) is 0 Å². The molecule has 1 aliphatic carbocycles. The second-order valence-electron chi connectivity index (χ2n) is 6.86. The summed E-state index contributed by atoms with van der Waals surface area (Å²) in [6.07, 6.45) is 5.90. The molecular weight excluding hydrogens is 435 g/mol. The Morgan fingerprint density at radius 3 is 2.72 bits per heavy atom. The molecule has 3 aromatic rings. The molecule has 152 valence electrons. The molecule has 0 spiro atoms. The number of sulfonamides is 1. The van der Waals surface area contributed by atoms with Gasteiger partial charge in [0.1, 0.15) is 10.5 Å². The van der Waals surface area contributed by atoms with Crippen molar-refractivity contribution in [1.82, 2.24) is 19.4 Å². The molecule has 4 rings (SSSR count). The first kappa shape index (κ1) is 20.2. The van der Waals surface area contributed by atoms with Gasteiger partial charge in [-0.2, -0.15) is 0 Å². The average molecular weight is 453 g/mol. The van der Waals surface area contributed by atoms with E-state index in [1.165, 1.54) is 12.1 Å². The van der Waals surface area contributed by atoms with Crippen LogP contribution >= 0.6 is 23.2 Å². The molecule has 0 radical (unpaired) electrons. The Balaban J connectivity index is 1.46. The standard InChI is InChI=1S/C19H18Cl2N4O3S/c20-15-10-16(21)17(29(27,28)24-12-4-5-12)9-14(15)19(26)22-7-6-13-11-25-8-2-1-3-18(25)23-13/h1-3,8-12,24H,4-7H2,(H,22,26). The zero-order valence-corrected chi connectivity index (χ0v) is 17.6. The number of rotatable bonds is 7. The van der Waals surface area contributed by atoms with Crippen molar-refractivity contribution >= 4 is 44.8 Å². The first-order valence-electron chi connectivity index (χ1n) is 9.06. The largest absolute Gasteiger partial charge is 0.352 e. The molecule has 0 saturated heterocycles. The number of amides is 1. The van der Waals surface area contributed by atoms with Crippen molar-refractivity contribution in [2.75, 3.05) is 6.54 Å². The number of hydrogen-bond donors (Lipinski definition) is 2. The van der Waals surface area contributed by atoms with Gasteiger partial charge >= 0.3 is 0 Å². The van der Waals surface area contributed by atoms with Crippen molar-refractivity contribution in [3.05, 3.63) is 64.0 Å². The summed E-state index contributed by atoms with van der Waals surface area (Å²) in [5.41, 5.74) is 1.71. The van der Waals surface area contributed by atoms with Gasteiger partial charge in [-0.1, -0.05) is 29.3 Å². The number of halogens is 2. The summed E-state index contributed by atoms with van der Waals surface area (Å²) >= 11 is 12.2. The molecule has 0 bridgehead atoms. The van der Waals surface area contributed by atoms with E-state index < -0.39 is 15.9 Å². The van der Waals surface area contributed by atoms with Gasteiger partial charge in [0.05, 0.1) is 21.3 Å². The molecule has 1 fully saturated rings. The predicted octanol–water partition coefficient (Wildman–Crippen LogP) is 3.05. The van der Waals surface area contributed by atoms with E-state index in [4.69, 9.17) is 23.2 Å². The van der Waals surface area contributed by atoms with E-state index in [1.807, 2.05) is 35.0 Å². The summed E-state index contributed by atoms with van der Waals surface area (Å²) in [4.78, 5) is 16.9. The van der Waals surface area contributed by atoms with Gasteiger partial charge in [-0.05, 0) is 37.1 Å². The van der Waals surface area contributed by atoms with Gasteiger partial charge in [0, 0.05) is 31.4 Å². The zero-order valence-electron chi connectivity index (χ0n) is 15.2. The van der Waals surface area contributed by atoms with E-state index in [0.29, 0.717) is 13.0 Å². The fourth-order valence-electron chi connectivity index (χ4n) is 2.90. The summed E-state index contributed by atoms with van der Waals surface area (Å²) < 4.78 is 29.4. The summed E-state index contributed by atoms with van der Waals surface area (Å²) in [6.45, 7) is 0.323. The number of hydrogen-bond acceptors (Lipinski definition) is 4. The number of carbonyl (C=O) groups excluding carboxylic acids is 1. The molecule has 0 atom stereocenters. The maximum atomic E-state index is 12.6. The van der Waals surface area contributed by atoms with Gasteiger partial charge < -0.3 is 9.72 Å². The summed E-state index contributed by atoms with van der Waals surface area (Å²) in [6, 6.07) is 8.13. The Kier molecular flexibility index (Phi) is 5.52. The SMILES string of the molecule is O=C(NCCc1cn2ccccc2n1)c1cc(S(=O)(=O)NC2CC2)c(Cl)cc1Cl. The maximum Gasteiger partial charge on any atom is 0.252 e. The lowest BCUT2D eigenvalue weighted by atomic mass is 10.2. The van der Waals surface area contributed by atoms with Crippen LogP contribution in [0, 0.1) is 0 Å². The van der Waals surface area contributed by atoms with E-state index in [9.17, 15) is 13.2 Å². The lowest BCUT2D eigenvalue weighted by Crippen LogP contribution is -2.28. The van der Waals surface area contributed by atoms with Crippen molar-refractivity contribution in [1.29, 1.82) is 0 Å². The predicted molar refractivity (Wildman–Crippen MR) is 111 cm³/mol. The lowest BCUT2D eigenvalue weighted by Gasteiger charge is -2.11. The topological polar surface area (TPSA) is 92.6 Å². The quantitative estimate of drug-likeness (QED) is 0.575. The second-order valence-corrected chi connectivity index (χ2v) is 9.36. The van der Waals surface area contributed by atoms with Crippen LogP contribution in [-0.2, 0) is 16.4 Å². The van der Waals surface area contributed by atoms with Crippen LogP contribution in [0.15, 0.2) is 47.6 Å². The van der Waals surface area contributed by atoms with E-state index >= 15 is 0 Å². The molecule has 10 heteroatoms. The number of aromatic nitrogens is 2. The number of benzene rings is 1. The van der Waals surface area contributed by atoms with Crippen LogP contribution in [0.1, 0.15) is 28.9 Å². The molecule has 2 aromatic heterocycles. The Hall–Kier alpha value is -2.13. The van der Waals surface area contributed by atoms with Crippen LogP contribution in [0.25, 0.3) is 5.65 Å². The van der Waals surface area contributed by atoms with E-state index in [2.05, 4.69) is 15.0 Å². The minimum absolute atomic E-state index is 0.0237.